The average molecular weight is 263 g/mol. The van der Waals surface area contributed by atoms with E-state index < -0.39 is 0 Å². The molecule has 4 nitrogen and oxygen atoms in total. The Kier molecular flexibility index (Phi) is 3.81. The summed E-state index contributed by atoms with van der Waals surface area (Å²) >= 11 is 5.09. The lowest BCUT2D eigenvalue weighted by Gasteiger charge is -2.24. The first kappa shape index (κ1) is 12.8. The van der Waals surface area contributed by atoms with Gasteiger partial charge in [0.1, 0.15) is 4.99 Å². The van der Waals surface area contributed by atoms with Crippen molar-refractivity contribution in [3.63, 3.8) is 0 Å². The maximum absolute atomic E-state index is 11.6. The van der Waals surface area contributed by atoms with Crippen LogP contribution in [0.25, 0.3) is 0 Å². The number of nitrogens with one attached hydrogen (secondary N) is 1. The van der Waals surface area contributed by atoms with E-state index in [2.05, 4.69) is 5.32 Å². The molecule has 3 N–H and O–H groups in total. The number of carbonyl (C=O) groups is 1. The second-order valence-electron chi connectivity index (χ2n) is 4.51. The summed E-state index contributed by atoms with van der Waals surface area (Å²) in [7, 11) is 0. The standard InChI is InChI=1S/C13H17N3OS/c1-9-3-4-11(10(7-9)13(14)18)16-6-2-5-15-12(17)8-16/h3-4,7H,2,5-6,8H2,1H3,(H2,14,18)(H,15,17). The first-order chi connectivity index (χ1) is 8.58. The summed E-state index contributed by atoms with van der Waals surface area (Å²) in [5.74, 6) is 0.0435. The third-order valence-corrected chi connectivity index (χ3v) is 3.24. The van der Waals surface area contributed by atoms with Crippen LogP contribution in [0.15, 0.2) is 18.2 Å². The summed E-state index contributed by atoms with van der Waals surface area (Å²) in [6, 6.07) is 5.97. The van der Waals surface area contributed by atoms with Crippen molar-refractivity contribution < 1.29 is 4.79 Å². The SMILES string of the molecule is Cc1ccc(N2CCCNC(=O)C2)c(C(N)=S)c1. The quantitative estimate of drug-likeness (QED) is 0.780. The number of nitrogens with zero attached hydrogens (tertiary/aromatic N) is 1. The molecule has 1 fully saturated rings. The molecule has 1 heterocycles. The van der Waals surface area contributed by atoms with Crippen molar-refractivity contribution in [3.05, 3.63) is 29.3 Å². The van der Waals surface area contributed by atoms with Gasteiger partial charge in [0.2, 0.25) is 5.91 Å². The number of amides is 1. The summed E-state index contributed by atoms with van der Waals surface area (Å²) in [4.78, 5) is 14.0. The second-order valence-corrected chi connectivity index (χ2v) is 4.95. The Balaban J connectivity index is 2.36. The van der Waals surface area contributed by atoms with Crippen molar-refractivity contribution >= 4 is 28.8 Å². The van der Waals surface area contributed by atoms with Crippen molar-refractivity contribution in [2.75, 3.05) is 24.5 Å². The van der Waals surface area contributed by atoms with E-state index in [1.165, 1.54) is 0 Å². The molecule has 1 amide bonds. The maximum atomic E-state index is 11.6. The zero-order valence-corrected chi connectivity index (χ0v) is 11.2. The fourth-order valence-corrected chi connectivity index (χ4v) is 2.30. The average Bonchev–Trinajstić information content (AvgIpc) is 2.53. The molecule has 96 valence electrons. The summed E-state index contributed by atoms with van der Waals surface area (Å²) in [6.07, 6.45) is 0.927. The highest BCUT2D eigenvalue weighted by Gasteiger charge is 2.18. The number of rotatable bonds is 2. The topological polar surface area (TPSA) is 58.4 Å². The number of thiocarbonyl (C=S) groups is 1. The number of benzene rings is 1. The minimum atomic E-state index is 0.0435. The van der Waals surface area contributed by atoms with Gasteiger partial charge in [-0.05, 0) is 25.5 Å². The van der Waals surface area contributed by atoms with Crippen molar-refractivity contribution in [3.8, 4) is 0 Å². The highest BCUT2D eigenvalue weighted by molar-refractivity contribution is 7.80. The smallest absolute Gasteiger partial charge is 0.239 e. The van der Waals surface area contributed by atoms with Crippen LogP contribution in [0.2, 0.25) is 0 Å². The fraction of sp³-hybridized carbons (Fsp3) is 0.385. The Hall–Kier alpha value is -1.62. The van der Waals surface area contributed by atoms with Gasteiger partial charge in [0.15, 0.2) is 0 Å². The summed E-state index contributed by atoms with van der Waals surface area (Å²) in [6.45, 7) is 3.92. The van der Waals surface area contributed by atoms with E-state index in [-0.39, 0.29) is 5.91 Å². The summed E-state index contributed by atoms with van der Waals surface area (Å²) in [5, 5.41) is 2.86. The largest absolute Gasteiger partial charge is 0.389 e. The minimum absolute atomic E-state index is 0.0435. The molecule has 1 saturated heterocycles. The molecule has 1 aliphatic heterocycles. The monoisotopic (exact) mass is 263 g/mol. The molecule has 0 unspecified atom stereocenters. The second kappa shape index (κ2) is 5.35. The molecule has 0 aromatic heterocycles. The zero-order valence-electron chi connectivity index (χ0n) is 10.4. The van der Waals surface area contributed by atoms with Crippen LogP contribution in [-0.4, -0.2) is 30.5 Å². The highest BCUT2D eigenvalue weighted by Crippen LogP contribution is 2.22. The van der Waals surface area contributed by atoms with Gasteiger partial charge >= 0.3 is 0 Å². The van der Waals surface area contributed by atoms with E-state index >= 15 is 0 Å². The molecule has 18 heavy (non-hydrogen) atoms. The van der Waals surface area contributed by atoms with Crippen LogP contribution in [0.4, 0.5) is 5.69 Å². The highest BCUT2D eigenvalue weighted by atomic mass is 32.1. The number of anilines is 1. The van der Waals surface area contributed by atoms with Gasteiger partial charge < -0.3 is 16.0 Å². The fourth-order valence-electron chi connectivity index (χ4n) is 2.13. The van der Waals surface area contributed by atoms with Gasteiger partial charge in [-0.1, -0.05) is 23.8 Å². The molecule has 2 rings (SSSR count). The van der Waals surface area contributed by atoms with E-state index in [1.54, 1.807) is 0 Å². The minimum Gasteiger partial charge on any atom is -0.389 e. The van der Waals surface area contributed by atoms with Gasteiger partial charge in [0, 0.05) is 24.3 Å². The summed E-state index contributed by atoms with van der Waals surface area (Å²) in [5.41, 5.74) is 8.68. The molecule has 0 spiro atoms. The molecule has 1 aromatic carbocycles. The number of aryl methyl sites for hydroxylation is 1. The van der Waals surface area contributed by atoms with Crippen molar-refractivity contribution in [2.45, 2.75) is 13.3 Å². The van der Waals surface area contributed by atoms with E-state index in [9.17, 15) is 4.79 Å². The molecule has 1 aromatic rings. The van der Waals surface area contributed by atoms with Crippen LogP contribution in [0, 0.1) is 6.92 Å². The van der Waals surface area contributed by atoms with Crippen LogP contribution >= 0.6 is 12.2 Å². The zero-order chi connectivity index (χ0) is 13.1. The van der Waals surface area contributed by atoms with Gasteiger partial charge in [-0.15, -0.1) is 0 Å². The Morgan fingerprint density at radius 2 is 2.28 bits per heavy atom. The lowest BCUT2D eigenvalue weighted by atomic mass is 10.1. The lowest BCUT2D eigenvalue weighted by Crippen LogP contribution is -2.34. The molecular formula is C13H17N3OS. The van der Waals surface area contributed by atoms with Gasteiger partial charge in [0.25, 0.3) is 0 Å². The molecule has 0 aliphatic carbocycles. The van der Waals surface area contributed by atoms with Gasteiger partial charge in [0.05, 0.1) is 6.54 Å². The van der Waals surface area contributed by atoms with Crippen LogP contribution < -0.4 is 16.0 Å². The van der Waals surface area contributed by atoms with E-state index in [4.69, 9.17) is 18.0 Å². The molecule has 5 heteroatoms. The van der Waals surface area contributed by atoms with E-state index in [0.29, 0.717) is 11.5 Å². The molecule has 0 bridgehead atoms. The van der Waals surface area contributed by atoms with Crippen molar-refractivity contribution in [1.82, 2.24) is 5.32 Å². The first-order valence-corrected chi connectivity index (χ1v) is 6.41. The van der Waals surface area contributed by atoms with E-state index in [0.717, 1.165) is 36.3 Å². The van der Waals surface area contributed by atoms with Crippen molar-refractivity contribution in [1.29, 1.82) is 0 Å². The lowest BCUT2D eigenvalue weighted by molar-refractivity contribution is -0.119. The van der Waals surface area contributed by atoms with Crippen LogP contribution in [-0.2, 0) is 4.79 Å². The Labute approximate surface area is 112 Å². The molecule has 0 radical (unpaired) electrons. The van der Waals surface area contributed by atoms with E-state index in [1.807, 2.05) is 30.0 Å². The molecule has 0 atom stereocenters. The molecule has 1 aliphatic rings. The van der Waals surface area contributed by atoms with Crippen molar-refractivity contribution in [2.24, 2.45) is 5.73 Å². The Morgan fingerprint density at radius 1 is 1.50 bits per heavy atom. The number of hydrogen-bond donors (Lipinski definition) is 2. The normalized spacial score (nSPS) is 16.1. The number of carbonyl (C=O) groups excluding carboxylic acids is 1. The van der Waals surface area contributed by atoms with Gasteiger partial charge in [-0.2, -0.15) is 0 Å². The predicted molar refractivity (Wildman–Crippen MR) is 76.9 cm³/mol. The predicted octanol–water partition coefficient (Wildman–Crippen LogP) is 0.956. The van der Waals surface area contributed by atoms with Crippen LogP contribution in [0.3, 0.4) is 0 Å². The van der Waals surface area contributed by atoms with Crippen LogP contribution in [0.1, 0.15) is 17.5 Å². The van der Waals surface area contributed by atoms with Gasteiger partial charge in [-0.25, -0.2) is 0 Å². The molecular weight excluding hydrogens is 246 g/mol. The Bertz CT molecular complexity index is 487. The maximum Gasteiger partial charge on any atom is 0.239 e. The van der Waals surface area contributed by atoms with Gasteiger partial charge in [-0.3, -0.25) is 4.79 Å². The molecule has 0 saturated carbocycles. The third kappa shape index (κ3) is 2.79. The van der Waals surface area contributed by atoms with Crippen LogP contribution in [0.5, 0.6) is 0 Å². The Morgan fingerprint density at radius 3 is 3.00 bits per heavy atom. The number of nitrogens with two attached hydrogens (primary N) is 1. The number of hydrogen-bond acceptors (Lipinski definition) is 3. The first-order valence-electron chi connectivity index (χ1n) is 6.00. The summed E-state index contributed by atoms with van der Waals surface area (Å²) < 4.78 is 0. The third-order valence-electron chi connectivity index (χ3n) is 3.02.